The van der Waals surface area contributed by atoms with E-state index in [1.165, 1.54) is 25.7 Å². The smallest absolute Gasteiger partial charge is 0.252 e. The third-order valence-corrected chi connectivity index (χ3v) is 7.20. The summed E-state index contributed by atoms with van der Waals surface area (Å²) < 4.78 is 30.7. The van der Waals surface area contributed by atoms with Gasteiger partial charge in [0.15, 0.2) is 11.4 Å². The van der Waals surface area contributed by atoms with Gasteiger partial charge in [-0.15, -0.1) is 0 Å². The molecule has 33 heavy (non-hydrogen) atoms. The molecule has 5 rings (SSSR count). The largest absolute Gasteiger partial charge is 0.497 e. The summed E-state index contributed by atoms with van der Waals surface area (Å²) in [4.78, 5) is 13.6. The second-order valence-corrected chi connectivity index (χ2v) is 10.6. The molecule has 0 aromatic heterocycles. The van der Waals surface area contributed by atoms with Crippen LogP contribution in [0.4, 0.5) is 0 Å². The molecule has 4 atom stereocenters. The molecule has 4 fully saturated rings. The second-order valence-electron chi connectivity index (χ2n) is 10.6. The molecule has 0 spiro atoms. The fourth-order valence-electron chi connectivity index (χ4n) is 4.96. The number of ether oxygens (including phenoxy) is 5. The Balaban J connectivity index is 1.37. The van der Waals surface area contributed by atoms with Crippen LogP contribution in [0.15, 0.2) is 24.3 Å². The third-order valence-electron chi connectivity index (χ3n) is 7.20. The second kappa shape index (κ2) is 9.17. The Morgan fingerprint density at radius 3 is 2.64 bits per heavy atom. The molecule has 3 saturated carbocycles. The van der Waals surface area contributed by atoms with Gasteiger partial charge in [-0.2, -0.15) is 0 Å². The van der Waals surface area contributed by atoms with Crippen molar-refractivity contribution in [1.29, 1.82) is 0 Å². The van der Waals surface area contributed by atoms with E-state index in [4.69, 9.17) is 23.7 Å². The number of carbonyl (C=O) groups excluding carboxylic acids is 1. The van der Waals surface area contributed by atoms with E-state index in [1.807, 2.05) is 38.1 Å². The van der Waals surface area contributed by atoms with Gasteiger partial charge in [-0.05, 0) is 69.1 Å². The standard InChI is InChI=1S/C26H37NO6/c1-25(2)32-22-13-26(24(28)27-14-17-7-8-17,31-16-19-5-4-6-20(11-19)29-3)12-21(23(22)33-25)30-15-18-9-10-18/h4-6,11,17-18,21-23H,7-10,12-16H2,1-3H3,(H,27,28)/t21?,22-,23+,26-/m1/s1. The lowest BCUT2D eigenvalue weighted by Gasteiger charge is -2.43. The van der Waals surface area contributed by atoms with Gasteiger partial charge >= 0.3 is 0 Å². The van der Waals surface area contributed by atoms with E-state index < -0.39 is 11.4 Å². The van der Waals surface area contributed by atoms with E-state index >= 15 is 0 Å². The molecule has 1 aliphatic heterocycles. The molecule has 7 nitrogen and oxygen atoms in total. The van der Waals surface area contributed by atoms with Crippen LogP contribution in [0.5, 0.6) is 5.75 Å². The van der Waals surface area contributed by atoms with Crippen molar-refractivity contribution in [3.05, 3.63) is 29.8 Å². The van der Waals surface area contributed by atoms with Gasteiger partial charge in [-0.3, -0.25) is 4.79 Å². The van der Waals surface area contributed by atoms with Gasteiger partial charge in [0.05, 0.1) is 25.9 Å². The summed E-state index contributed by atoms with van der Waals surface area (Å²) in [5, 5.41) is 3.17. The Bertz CT molecular complexity index is 851. The van der Waals surface area contributed by atoms with Crippen LogP contribution in [0.2, 0.25) is 0 Å². The quantitative estimate of drug-likeness (QED) is 0.576. The van der Waals surface area contributed by atoms with Gasteiger partial charge in [0.2, 0.25) is 0 Å². The topological polar surface area (TPSA) is 75.3 Å². The van der Waals surface area contributed by atoms with Crippen molar-refractivity contribution in [3.63, 3.8) is 0 Å². The molecule has 7 heteroatoms. The summed E-state index contributed by atoms with van der Waals surface area (Å²) in [5.74, 6) is 1.21. The first kappa shape index (κ1) is 23.1. The number of rotatable bonds is 10. The Hall–Kier alpha value is -1.67. The predicted molar refractivity (Wildman–Crippen MR) is 122 cm³/mol. The number of carbonyl (C=O) groups is 1. The minimum atomic E-state index is -1.03. The van der Waals surface area contributed by atoms with Gasteiger partial charge < -0.3 is 29.0 Å². The number of amides is 1. The van der Waals surface area contributed by atoms with Crippen molar-refractivity contribution >= 4 is 5.91 Å². The molecule has 1 aromatic rings. The molecule has 1 amide bonds. The Morgan fingerprint density at radius 1 is 1.12 bits per heavy atom. The highest BCUT2D eigenvalue weighted by molar-refractivity contribution is 5.85. The average molecular weight is 460 g/mol. The number of nitrogens with one attached hydrogen (secondary N) is 1. The summed E-state index contributed by atoms with van der Waals surface area (Å²) in [6.07, 6.45) is 5.00. The van der Waals surface area contributed by atoms with Crippen molar-refractivity contribution in [3.8, 4) is 5.75 Å². The first-order valence-electron chi connectivity index (χ1n) is 12.4. The fourth-order valence-corrected chi connectivity index (χ4v) is 4.96. The van der Waals surface area contributed by atoms with Gasteiger partial charge in [0.25, 0.3) is 5.91 Å². The zero-order chi connectivity index (χ0) is 23.1. The average Bonchev–Trinajstić information content (AvgIpc) is 3.72. The van der Waals surface area contributed by atoms with E-state index in [1.54, 1.807) is 7.11 Å². The molecule has 182 valence electrons. The van der Waals surface area contributed by atoms with Crippen LogP contribution >= 0.6 is 0 Å². The maximum Gasteiger partial charge on any atom is 0.252 e. The monoisotopic (exact) mass is 459 g/mol. The van der Waals surface area contributed by atoms with Crippen LogP contribution in [0.3, 0.4) is 0 Å². The van der Waals surface area contributed by atoms with E-state index in [9.17, 15) is 4.79 Å². The maximum absolute atomic E-state index is 13.6. The van der Waals surface area contributed by atoms with Crippen LogP contribution in [0, 0.1) is 11.8 Å². The minimum Gasteiger partial charge on any atom is -0.497 e. The van der Waals surface area contributed by atoms with Crippen molar-refractivity contribution in [2.45, 2.75) is 88.7 Å². The molecule has 1 saturated heterocycles. The van der Waals surface area contributed by atoms with Crippen LogP contribution in [0.25, 0.3) is 0 Å². The number of fused-ring (bicyclic) bond motifs is 1. The molecule has 1 N–H and O–H groups in total. The van der Waals surface area contributed by atoms with E-state index in [0.717, 1.165) is 11.3 Å². The van der Waals surface area contributed by atoms with Crippen LogP contribution < -0.4 is 10.1 Å². The highest BCUT2D eigenvalue weighted by atomic mass is 16.8. The van der Waals surface area contributed by atoms with E-state index in [2.05, 4.69) is 5.32 Å². The first-order valence-corrected chi connectivity index (χ1v) is 12.4. The van der Waals surface area contributed by atoms with E-state index in [0.29, 0.717) is 44.4 Å². The zero-order valence-electron chi connectivity index (χ0n) is 20.0. The lowest BCUT2D eigenvalue weighted by Crippen LogP contribution is -2.60. The number of hydrogen-bond donors (Lipinski definition) is 1. The lowest BCUT2D eigenvalue weighted by atomic mass is 9.78. The van der Waals surface area contributed by atoms with Gasteiger partial charge in [-0.1, -0.05) is 12.1 Å². The molecule has 1 aromatic carbocycles. The van der Waals surface area contributed by atoms with Crippen LogP contribution in [-0.4, -0.2) is 55.9 Å². The Morgan fingerprint density at radius 2 is 1.91 bits per heavy atom. The Kier molecular flexibility index (Phi) is 6.42. The number of benzene rings is 1. The van der Waals surface area contributed by atoms with E-state index in [-0.39, 0.29) is 24.2 Å². The molecular weight excluding hydrogens is 422 g/mol. The van der Waals surface area contributed by atoms with Gasteiger partial charge in [-0.25, -0.2) is 0 Å². The van der Waals surface area contributed by atoms with Crippen molar-refractivity contribution < 1.29 is 28.5 Å². The minimum absolute atomic E-state index is 0.0657. The van der Waals surface area contributed by atoms with Gasteiger partial charge in [0, 0.05) is 26.0 Å². The maximum atomic E-state index is 13.6. The SMILES string of the molecule is COc1cccc(CO[C@]2(C(=O)NCC3CC3)CC(OCC3CC3)[C@@H]3OC(C)(C)O[C@@H]3C2)c1. The molecule has 4 aliphatic rings. The first-order chi connectivity index (χ1) is 15.9. The molecule has 0 radical (unpaired) electrons. The summed E-state index contributed by atoms with van der Waals surface area (Å²) in [5.41, 5.74) is -0.0675. The van der Waals surface area contributed by atoms with Crippen LogP contribution in [0.1, 0.15) is 57.9 Å². The fraction of sp³-hybridized carbons (Fsp3) is 0.731. The third kappa shape index (κ3) is 5.53. The van der Waals surface area contributed by atoms with Crippen molar-refractivity contribution in [2.75, 3.05) is 20.3 Å². The molecule has 1 unspecified atom stereocenters. The number of hydrogen-bond acceptors (Lipinski definition) is 6. The van der Waals surface area contributed by atoms with Crippen LogP contribution in [-0.2, 0) is 30.3 Å². The molecule has 0 bridgehead atoms. The molecule has 1 heterocycles. The highest BCUT2D eigenvalue weighted by Gasteiger charge is 2.58. The van der Waals surface area contributed by atoms with Crippen molar-refractivity contribution in [1.82, 2.24) is 5.32 Å². The normalized spacial score (nSPS) is 32.9. The summed E-state index contributed by atoms with van der Waals surface area (Å²) >= 11 is 0. The van der Waals surface area contributed by atoms with Crippen molar-refractivity contribution in [2.24, 2.45) is 11.8 Å². The molecule has 3 aliphatic carbocycles. The highest BCUT2D eigenvalue weighted by Crippen LogP contribution is 2.45. The lowest BCUT2D eigenvalue weighted by molar-refractivity contribution is -0.182. The number of methoxy groups -OCH3 is 1. The summed E-state index contributed by atoms with van der Waals surface area (Å²) in [7, 11) is 1.65. The van der Waals surface area contributed by atoms with Gasteiger partial charge in [0.1, 0.15) is 11.9 Å². The zero-order valence-corrected chi connectivity index (χ0v) is 20.0. The predicted octanol–water partition coefficient (Wildman–Crippen LogP) is 3.59. The summed E-state index contributed by atoms with van der Waals surface area (Å²) in [6.45, 7) is 5.57. The summed E-state index contributed by atoms with van der Waals surface area (Å²) in [6, 6.07) is 7.77. The Labute approximate surface area is 196 Å². The molecular formula is C26H37NO6.